The Hall–Kier alpha value is -2.30. The lowest BCUT2D eigenvalue weighted by atomic mass is 10.0. The number of piperidine rings is 1. The van der Waals surface area contributed by atoms with Crippen LogP contribution in [0.2, 0.25) is 5.02 Å². The van der Waals surface area contributed by atoms with Gasteiger partial charge in [0.05, 0.1) is 17.8 Å². The number of pyridine rings is 2. The lowest BCUT2D eigenvalue weighted by Gasteiger charge is -2.37. The molecule has 1 atom stereocenters. The molecule has 2 fully saturated rings. The number of piperazine rings is 1. The molecule has 162 valence electrons. The van der Waals surface area contributed by atoms with Crippen molar-refractivity contribution in [2.75, 3.05) is 54.4 Å². The van der Waals surface area contributed by atoms with Crippen molar-refractivity contribution in [3.8, 4) is 0 Å². The predicted molar refractivity (Wildman–Crippen MR) is 110 cm³/mol. The molecular formula is C19H22ClF3N6O. The van der Waals surface area contributed by atoms with Crippen LogP contribution in [0.5, 0.6) is 0 Å². The zero-order chi connectivity index (χ0) is 21.3. The molecule has 3 N–H and O–H groups in total. The molecule has 7 nitrogen and oxygen atoms in total. The third kappa shape index (κ3) is 4.55. The minimum Gasteiger partial charge on any atom is -0.387 e. The van der Waals surface area contributed by atoms with Gasteiger partial charge in [0.25, 0.3) is 5.92 Å². The van der Waals surface area contributed by atoms with Crippen LogP contribution in [0.15, 0.2) is 24.4 Å². The first-order valence-corrected chi connectivity index (χ1v) is 10.1. The maximum absolute atomic E-state index is 14.1. The Bertz CT molecular complexity index is 912. The number of anilines is 4. The van der Waals surface area contributed by atoms with Crippen LogP contribution in [-0.2, 0) is 0 Å². The van der Waals surface area contributed by atoms with E-state index in [-0.39, 0.29) is 23.8 Å². The fourth-order valence-electron chi connectivity index (χ4n) is 3.57. The minimum atomic E-state index is -3.22. The predicted octanol–water partition coefficient (Wildman–Crippen LogP) is 2.63. The molecule has 0 bridgehead atoms. The smallest absolute Gasteiger partial charge is 0.290 e. The lowest BCUT2D eigenvalue weighted by Crippen LogP contribution is -2.52. The molecule has 0 aromatic carbocycles. The van der Waals surface area contributed by atoms with E-state index in [2.05, 4.69) is 25.5 Å². The van der Waals surface area contributed by atoms with Gasteiger partial charge in [-0.25, -0.2) is 23.1 Å². The molecule has 0 spiro atoms. The number of alkyl halides is 2. The summed E-state index contributed by atoms with van der Waals surface area (Å²) in [6.45, 7) is 2.75. The number of aliphatic hydroxyl groups is 1. The van der Waals surface area contributed by atoms with E-state index in [1.54, 1.807) is 12.1 Å². The van der Waals surface area contributed by atoms with Gasteiger partial charge in [0.15, 0.2) is 0 Å². The van der Waals surface area contributed by atoms with E-state index in [1.807, 2.05) is 0 Å². The van der Waals surface area contributed by atoms with Gasteiger partial charge in [0.2, 0.25) is 0 Å². The summed E-state index contributed by atoms with van der Waals surface area (Å²) < 4.78 is 42.0. The Morgan fingerprint density at radius 2 is 1.90 bits per heavy atom. The van der Waals surface area contributed by atoms with Crippen LogP contribution in [-0.4, -0.2) is 66.4 Å². The van der Waals surface area contributed by atoms with Gasteiger partial charge >= 0.3 is 0 Å². The summed E-state index contributed by atoms with van der Waals surface area (Å²) in [4.78, 5) is 12.1. The number of aromatic nitrogens is 2. The van der Waals surface area contributed by atoms with Crippen molar-refractivity contribution in [1.29, 1.82) is 0 Å². The number of hydrogen-bond donors (Lipinski definition) is 3. The molecular weight excluding hydrogens is 421 g/mol. The van der Waals surface area contributed by atoms with Crippen molar-refractivity contribution in [3.63, 3.8) is 0 Å². The van der Waals surface area contributed by atoms with E-state index in [9.17, 15) is 18.3 Å². The van der Waals surface area contributed by atoms with E-state index in [4.69, 9.17) is 11.6 Å². The molecule has 4 heterocycles. The number of halogens is 4. The highest BCUT2D eigenvalue weighted by Gasteiger charge is 2.44. The third-order valence-electron chi connectivity index (χ3n) is 5.23. The number of rotatable bonds is 4. The average molecular weight is 443 g/mol. The molecule has 2 aromatic heterocycles. The van der Waals surface area contributed by atoms with Crippen molar-refractivity contribution in [2.24, 2.45) is 0 Å². The molecule has 30 heavy (non-hydrogen) atoms. The second-order valence-corrected chi connectivity index (χ2v) is 7.81. The highest BCUT2D eigenvalue weighted by molar-refractivity contribution is 6.30. The zero-order valence-corrected chi connectivity index (χ0v) is 16.8. The maximum Gasteiger partial charge on any atom is 0.290 e. The summed E-state index contributed by atoms with van der Waals surface area (Å²) in [5, 5.41) is 15.7. The van der Waals surface area contributed by atoms with Gasteiger partial charge < -0.3 is 25.5 Å². The van der Waals surface area contributed by atoms with Crippen LogP contribution in [0.3, 0.4) is 0 Å². The van der Waals surface area contributed by atoms with Gasteiger partial charge in [-0.15, -0.1) is 0 Å². The van der Waals surface area contributed by atoms with E-state index in [0.29, 0.717) is 11.6 Å². The van der Waals surface area contributed by atoms with Gasteiger partial charge in [-0.05, 0) is 6.42 Å². The van der Waals surface area contributed by atoms with Crippen molar-refractivity contribution in [1.82, 2.24) is 15.3 Å². The van der Waals surface area contributed by atoms with Gasteiger partial charge in [0, 0.05) is 56.6 Å². The van der Waals surface area contributed by atoms with Crippen LogP contribution < -0.4 is 20.4 Å². The molecule has 0 radical (unpaired) electrons. The highest BCUT2D eigenvalue weighted by atomic mass is 35.5. The summed E-state index contributed by atoms with van der Waals surface area (Å²) in [6, 6.07) is 4.69. The molecule has 2 aliphatic heterocycles. The maximum atomic E-state index is 14.1. The van der Waals surface area contributed by atoms with E-state index in [0.717, 1.165) is 37.9 Å². The standard InChI is InChI=1S/C19H22ClF3N6O/c20-13-10-25-16(9-14(13)21)26-17-7-12(28-5-2-24-3-6-28)8-18(27-17)29-4-1-15(30)19(22,23)11-29/h7-10,15,24,30H,1-6,11H2,(H,25,26,27). The summed E-state index contributed by atoms with van der Waals surface area (Å²) >= 11 is 5.68. The molecule has 2 aliphatic rings. The molecule has 11 heteroatoms. The third-order valence-corrected chi connectivity index (χ3v) is 5.51. The fourth-order valence-corrected chi connectivity index (χ4v) is 3.67. The number of hydrogen-bond acceptors (Lipinski definition) is 7. The average Bonchev–Trinajstić information content (AvgIpc) is 2.73. The first-order chi connectivity index (χ1) is 14.3. The SMILES string of the molecule is OC1CCN(c2cc(N3CCNCC3)cc(Nc3cc(F)c(Cl)cn3)n2)CC1(F)F. The highest BCUT2D eigenvalue weighted by Crippen LogP contribution is 2.33. The second-order valence-electron chi connectivity index (χ2n) is 7.40. The van der Waals surface area contributed by atoms with Gasteiger partial charge in [-0.2, -0.15) is 0 Å². The Balaban J connectivity index is 1.66. The van der Waals surface area contributed by atoms with Crippen LogP contribution in [0, 0.1) is 5.82 Å². The fraction of sp³-hybridized carbons (Fsp3) is 0.474. The summed E-state index contributed by atoms with van der Waals surface area (Å²) in [5.74, 6) is -2.94. The largest absolute Gasteiger partial charge is 0.387 e. The van der Waals surface area contributed by atoms with Crippen LogP contribution in [0.25, 0.3) is 0 Å². The topological polar surface area (TPSA) is 76.6 Å². The van der Waals surface area contributed by atoms with E-state index in [1.165, 1.54) is 11.1 Å². The van der Waals surface area contributed by atoms with Gasteiger partial charge in [0.1, 0.15) is 29.4 Å². The van der Waals surface area contributed by atoms with Gasteiger partial charge in [-0.3, -0.25) is 0 Å². The Morgan fingerprint density at radius 3 is 2.60 bits per heavy atom. The minimum absolute atomic E-state index is 0.0563. The zero-order valence-electron chi connectivity index (χ0n) is 16.1. The van der Waals surface area contributed by atoms with Crippen molar-refractivity contribution in [3.05, 3.63) is 35.2 Å². The molecule has 0 amide bonds. The monoisotopic (exact) mass is 442 g/mol. The number of nitrogens with one attached hydrogen (secondary N) is 2. The van der Waals surface area contributed by atoms with Gasteiger partial charge in [-0.1, -0.05) is 11.6 Å². The van der Waals surface area contributed by atoms with E-state index < -0.39 is 24.4 Å². The van der Waals surface area contributed by atoms with Crippen LogP contribution >= 0.6 is 11.6 Å². The van der Waals surface area contributed by atoms with Crippen molar-refractivity contribution >= 4 is 34.7 Å². The first kappa shape index (κ1) is 21.0. The normalized spacial score (nSPS) is 21.6. The summed E-state index contributed by atoms with van der Waals surface area (Å²) in [7, 11) is 0. The quantitative estimate of drug-likeness (QED) is 0.672. The molecule has 1 unspecified atom stereocenters. The lowest BCUT2D eigenvalue weighted by molar-refractivity contribution is -0.113. The summed E-state index contributed by atoms with van der Waals surface area (Å²) in [5.41, 5.74) is 0.813. The van der Waals surface area contributed by atoms with Crippen molar-refractivity contribution < 1.29 is 18.3 Å². The van der Waals surface area contributed by atoms with Crippen LogP contribution in [0.1, 0.15) is 6.42 Å². The number of nitrogens with zero attached hydrogens (tertiary/aromatic N) is 4. The molecule has 2 saturated heterocycles. The molecule has 4 rings (SSSR count). The van der Waals surface area contributed by atoms with Crippen LogP contribution in [0.4, 0.5) is 36.3 Å². The first-order valence-electron chi connectivity index (χ1n) is 9.68. The number of aliphatic hydroxyl groups excluding tert-OH is 1. The van der Waals surface area contributed by atoms with E-state index >= 15 is 0 Å². The second kappa shape index (κ2) is 8.44. The Morgan fingerprint density at radius 1 is 1.13 bits per heavy atom. The molecule has 2 aromatic rings. The molecule has 0 saturated carbocycles. The summed E-state index contributed by atoms with van der Waals surface area (Å²) in [6.07, 6.45) is -0.532. The Kier molecular flexibility index (Phi) is 5.90. The Labute approximate surface area is 176 Å². The molecule has 0 aliphatic carbocycles. The van der Waals surface area contributed by atoms with Crippen molar-refractivity contribution in [2.45, 2.75) is 18.4 Å².